The second kappa shape index (κ2) is 4.11. The fraction of sp³-hybridized carbons (Fsp3) is 0.0667. The van der Waals surface area contributed by atoms with Gasteiger partial charge in [0.1, 0.15) is 0 Å². The Hall–Kier alpha value is -2.42. The lowest BCUT2D eigenvalue weighted by atomic mass is 10.0. The van der Waals surface area contributed by atoms with Gasteiger partial charge in [-0.15, -0.1) is 0 Å². The van der Waals surface area contributed by atoms with E-state index in [1.807, 2.05) is 36.4 Å². The molecule has 2 aromatic carbocycles. The fourth-order valence-corrected chi connectivity index (χ4v) is 1.98. The molecular weight excluding hydrogens is 226 g/mol. The molecule has 0 bridgehead atoms. The Morgan fingerprint density at radius 2 is 1.89 bits per heavy atom. The molecule has 0 N–H and O–H groups in total. The summed E-state index contributed by atoms with van der Waals surface area (Å²) in [5.41, 5.74) is 2.11. The van der Waals surface area contributed by atoms with E-state index in [0.29, 0.717) is 11.3 Å². The van der Waals surface area contributed by atoms with Crippen LogP contribution in [0, 0.1) is 0 Å². The van der Waals surface area contributed by atoms with Gasteiger partial charge in [-0.3, -0.25) is 0 Å². The monoisotopic (exact) mass is 237 g/mol. The SMILES string of the molecule is CC1=NOC(=O)/C1=C/c1ccc2ccccc2c1. The fourth-order valence-electron chi connectivity index (χ4n) is 1.98. The standard InChI is InChI=1S/C15H11NO2/c1-10-14(15(17)18-16-10)9-11-6-7-12-4-2-3-5-13(12)8-11/h2-9H,1H3/b14-9+. The molecule has 0 atom stereocenters. The maximum absolute atomic E-state index is 11.4. The number of benzene rings is 2. The molecule has 0 unspecified atom stereocenters. The third kappa shape index (κ3) is 1.80. The molecule has 3 rings (SSSR count). The van der Waals surface area contributed by atoms with Crippen LogP contribution in [0.25, 0.3) is 16.8 Å². The van der Waals surface area contributed by atoms with E-state index >= 15 is 0 Å². The molecule has 1 aliphatic rings. The third-order valence-corrected chi connectivity index (χ3v) is 2.96. The Morgan fingerprint density at radius 1 is 1.11 bits per heavy atom. The van der Waals surface area contributed by atoms with Gasteiger partial charge < -0.3 is 4.84 Å². The summed E-state index contributed by atoms with van der Waals surface area (Å²) in [7, 11) is 0. The van der Waals surface area contributed by atoms with Gasteiger partial charge in [-0.05, 0) is 35.4 Å². The first-order valence-corrected chi connectivity index (χ1v) is 5.71. The highest BCUT2D eigenvalue weighted by Crippen LogP contribution is 2.20. The van der Waals surface area contributed by atoms with Crippen LogP contribution < -0.4 is 0 Å². The number of nitrogens with zero attached hydrogens (tertiary/aromatic N) is 1. The number of hydrogen-bond acceptors (Lipinski definition) is 3. The van der Waals surface area contributed by atoms with Crippen LogP contribution in [-0.2, 0) is 9.63 Å². The summed E-state index contributed by atoms with van der Waals surface area (Å²) >= 11 is 0. The number of oxime groups is 1. The van der Waals surface area contributed by atoms with Crippen molar-refractivity contribution < 1.29 is 9.63 Å². The second-order valence-electron chi connectivity index (χ2n) is 4.22. The highest BCUT2D eigenvalue weighted by molar-refractivity contribution is 6.24. The van der Waals surface area contributed by atoms with Crippen molar-refractivity contribution in [1.29, 1.82) is 0 Å². The van der Waals surface area contributed by atoms with Gasteiger partial charge in [0.15, 0.2) is 0 Å². The van der Waals surface area contributed by atoms with Crippen LogP contribution in [0.1, 0.15) is 12.5 Å². The molecular formula is C15H11NO2. The molecule has 88 valence electrons. The molecule has 2 aromatic rings. The summed E-state index contributed by atoms with van der Waals surface area (Å²) in [5, 5.41) is 5.98. The van der Waals surface area contributed by atoms with E-state index in [9.17, 15) is 4.79 Å². The molecule has 0 radical (unpaired) electrons. The molecule has 1 heterocycles. The maximum Gasteiger partial charge on any atom is 0.367 e. The zero-order valence-electron chi connectivity index (χ0n) is 9.88. The minimum atomic E-state index is -0.388. The highest BCUT2D eigenvalue weighted by Gasteiger charge is 2.21. The molecule has 3 nitrogen and oxygen atoms in total. The lowest BCUT2D eigenvalue weighted by Crippen LogP contribution is -2.01. The van der Waals surface area contributed by atoms with Gasteiger partial charge in [0.05, 0.1) is 11.3 Å². The first-order valence-electron chi connectivity index (χ1n) is 5.71. The molecule has 18 heavy (non-hydrogen) atoms. The predicted octanol–water partition coefficient (Wildman–Crippen LogP) is 3.16. The average molecular weight is 237 g/mol. The maximum atomic E-state index is 11.4. The van der Waals surface area contributed by atoms with E-state index in [2.05, 4.69) is 16.1 Å². The summed E-state index contributed by atoms with van der Waals surface area (Å²) in [5.74, 6) is -0.388. The summed E-state index contributed by atoms with van der Waals surface area (Å²) in [6.45, 7) is 1.76. The van der Waals surface area contributed by atoms with Gasteiger partial charge in [0, 0.05) is 0 Å². The van der Waals surface area contributed by atoms with E-state index in [1.54, 1.807) is 13.0 Å². The van der Waals surface area contributed by atoms with Crippen molar-refractivity contribution in [2.45, 2.75) is 6.92 Å². The topological polar surface area (TPSA) is 38.7 Å². The second-order valence-corrected chi connectivity index (χ2v) is 4.22. The van der Waals surface area contributed by atoms with Gasteiger partial charge in [-0.25, -0.2) is 4.79 Å². The number of rotatable bonds is 1. The lowest BCUT2D eigenvalue weighted by Gasteiger charge is -2.00. The van der Waals surface area contributed by atoms with E-state index in [1.165, 1.54) is 5.39 Å². The number of fused-ring (bicyclic) bond motifs is 1. The summed E-state index contributed by atoms with van der Waals surface area (Å²) in [6, 6.07) is 14.2. The van der Waals surface area contributed by atoms with Crippen molar-refractivity contribution in [3.05, 3.63) is 53.6 Å². The zero-order valence-corrected chi connectivity index (χ0v) is 9.88. The van der Waals surface area contributed by atoms with Gasteiger partial charge in [-0.1, -0.05) is 41.6 Å². The highest BCUT2D eigenvalue weighted by atomic mass is 16.7. The largest absolute Gasteiger partial charge is 0.367 e. The lowest BCUT2D eigenvalue weighted by molar-refractivity contribution is -0.136. The van der Waals surface area contributed by atoms with Gasteiger partial charge in [0.2, 0.25) is 0 Å². The average Bonchev–Trinajstić information content (AvgIpc) is 2.70. The summed E-state index contributed by atoms with van der Waals surface area (Å²) in [4.78, 5) is 16.1. The number of carbonyl (C=O) groups is 1. The molecule has 0 saturated heterocycles. The molecule has 0 fully saturated rings. The minimum absolute atomic E-state index is 0.388. The van der Waals surface area contributed by atoms with Crippen molar-refractivity contribution in [2.75, 3.05) is 0 Å². The number of hydrogen-bond donors (Lipinski definition) is 0. The smallest absolute Gasteiger partial charge is 0.312 e. The first-order chi connectivity index (χ1) is 8.74. The molecule has 3 heteroatoms. The Labute approximate surface area is 104 Å². The van der Waals surface area contributed by atoms with Crippen LogP contribution >= 0.6 is 0 Å². The number of carbonyl (C=O) groups excluding carboxylic acids is 1. The van der Waals surface area contributed by atoms with Crippen molar-refractivity contribution >= 4 is 28.5 Å². The predicted molar refractivity (Wildman–Crippen MR) is 71.1 cm³/mol. The van der Waals surface area contributed by atoms with Crippen LogP contribution in [0.5, 0.6) is 0 Å². The van der Waals surface area contributed by atoms with E-state index in [-0.39, 0.29) is 5.97 Å². The third-order valence-electron chi connectivity index (χ3n) is 2.96. The minimum Gasteiger partial charge on any atom is -0.312 e. The van der Waals surface area contributed by atoms with Gasteiger partial charge in [-0.2, -0.15) is 0 Å². The Balaban J connectivity index is 2.08. The van der Waals surface area contributed by atoms with E-state index < -0.39 is 0 Å². The first kappa shape index (κ1) is 10.7. The van der Waals surface area contributed by atoms with Crippen LogP contribution in [0.4, 0.5) is 0 Å². The van der Waals surface area contributed by atoms with E-state index in [4.69, 9.17) is 0 Å². The molecule has 0 amide bonds. The quantitative estimate of drug-likeness (QED) is 0.564. The van der Waals surface area contributed by atoms with Crippen molar-refractivity contribution in [2.24, 2.45) is 5.16 Å². The van der Waals surface area contributed by atoms with Crippen molar-refractivity contribution in [3.63, 3.8) is 0 Å². The Bertz CT molecular complexity index is 698. The Kier molecular flexibility index (Phi) is 2.45. The molecule has 0 saturated carbocycles. The van der Waals surface area contributed by atoms with Crippen LogP contribution in [0.3, 0.4) is 0 Å². The summed E-state index contributed by atoms with van der Waals surface area (Å²) < 4.78 is 0. The van der Waals surface area contributed by atoms with Crippen molar-refractivity contribution in [1.82, 2.24) is 0 Å². The Morgan fingerprint density at radius 3 is 2.61 bits per heavy atom. The van der Waals surface area contributed by atoms with Crippen molar-refractivity contribution in [3.8, 4) is 0 Å². The molecule has 0 aromatic heterocycles. The molecule has 0 aliphatic carbocycles. The van der Waals surface area contributed by atoms with Gasteiger partial charge >= 0.3 is 5.97 Å². The molecule has 1 aliphatic heterocycles. The molecule has 0 spiro atoms. The van der Waals surface area contributed by atoms with Gasteiger partial charge in [0.25, 0.3) is 0 Å². The normalized spacial score (nSPS) is 17.1. The van der Waals surface area contributed by atoms with E-state index in [0.717, 1.165) is 10.9 Å². The summed E-state index contributed by atoms with van der Waals surface area (Å²) in [6.07, 6.45) is 1.81. The van der Waals surface area contributed by atoms with Crippen LogP contribution in [0.2, 0.25) is 0 Å². The van der Waals surface area contributed by atoms with Crippen LogP contribution in [0.15, 0.2) is 53.2 Å². The van der Waals surface area contributed by atoms with Crippen LogP contribution in [-0.4, -0.2) is 11.7 Å². The zero-order chi connectivity index (χ0) is 12.5.